The first kappa shape index (κ1) is 8.58. The Morgan fingerprint density at radius 2 is 1.82 bits per heavy atom. The average molecular weight is 150 g/mol. The van der Waals surface area contributed by atoms with Gasteiger partial charge >= 0.3 is 0 Å². The zero-order valence-corrected chi connectivity index (χ0v) is 7.91. The van der Waals surface area contributed by atoms with Crippen molar-refractivity contribution in [2.24, 2.45) is 0 Å². The van der Waals surface area contributed by atoms with Crippen molar-refractivity contribution in [3.05, 3.63) is 22.8 Å². The number of rotatable bonds is 0. The minimum atomic E-state index is 1.30. The first-order chi connectivity index (χ1) is 5.25. The fourth-order valence-electron chi connectivity index (χ4n) is 1.82. The van der Waals surface area contributed by atoms with E-state index >= 15 is 0 Å². The highest BCUT2D eigenvalue weighted by atomic mass is 14.2. The van der Waals surface area contributed by atoms with E-state index in [1.165, 1.54) is 31.3 Å². The molecule has 62 valence electrons. The predicted octanol–water partition coefficient (Wildman–Crippen LogP) is 3.84. The van der Waals surface area contributed by atoms with E-state index in [9.17, 15) is 0 Å². The van der Waals surface area contributed by atoms with Gasteiger partial charge in [-0.1, -0.05) is 11.6 Å². The van der Waals surface area contributed by atoms with Crippen molar-refractivity contribution in [2.75, 3.05) is 0 Å². The molecule has 0 atom stereocenters. The topological polar surface area (TPSA) is 0 Å². The van der Waals surface area contributed by atoms with Gasteiger partial charge in [-0.2, -0.15) is 0 Å². The van der Waals surface area contributed by atoms with Crippen LogP contribution in [0.1, 0.15) is 46.5 Å². The SMILES string of the molecule is CC=C1CCCCC1=C(C)C. The first-order valence-electron chi connectivity index (χ1n) is 4.57. The highest BCUT2D eigenvalue weighted by Crippen LogP contribution is 2.30. The molecule has 1 aliphatic carbocycles. The Hall–Kier alpha value is -0.520. The van der Waals surface area contributed by atoms with Crippen molar-refractivity contribution in [3.8, 4) is 0 Å². The largest absolute Gasteiger partial charge is 0.0842 e. The van der Waals surface area contributed by atoms with Crippen LogP contribution in [0.4, 0.5) is 0 Å². The van der Waals surface area contributed by atoms with Crippen LogP contribution in [0, 0.1) is 0 Å². The Morgan fingerprint density at radius 1 is 1.18 bits per heavy atom. The van der Waals surface area contributed by atoms with Crippen LogP contribution in [0.25, 0.3) is 0 Å². The standard InChI is InChI=1S/C11H18/c1-4-10-7-5-6-8-11(10)9(2)3/h4H,5-8H2,1-3H3. The normalized spacial score (nSPS) is 22.5. The van der Waals surface area contributed by atoms with E-state index in [-0.39, 0.29) is 0 Å². The highest BCUT2D eigenvalue weighted by Gasteiger charge is 2.10. The summed E-state index contributed by atoms with van der Waals surface area (Å²) in [5, 5.41) is 0. The summed E-state index contributed by atoms with van der Waals surface area (Å²) in [7, 11) is 0. The molecule has 0 nitrogen and oxygen atoms in total. The van der Waals surface area contributed by atoms with Crippen LogP contribution in [0.3, 0.4) is 0 Å². The van der Waals surface area contributed by atoms with Crippen molar-refractivity contribution in [1.29, 1.82) is 0 Å². The smallest absolute Gasteiger partial charge is 0.0277 e. The maximum Gasteiger partial charge on any atom is -0.0277 e. The molecule has 1 saturated carbocycles. The number of hydrogen-bond acceptors (Lipinski definition) is 0. The minimum absolute atomic E-state index is 1.30. The Balaban J connectivity index is 2.84. The second kappa shape index (κ2) is 3.75. The molecule has 11 heavy (non-hydrogen) atoms. The molecule has 0 aromatic carbocycles. The molecule has 0 aromatic heterocycles. The fourth-order valence-corrected chi connectivity index (χ4v) is 1.82. The molecular weight excluding hydrogens is 132 g/mol. The molecule has 0 aliphatic heterocycles. The van der Waals surface area contributed by atoms with E-state index in [0.717, 1.165) is 0 Å². The summed E-state index contributed by atoms with van der Waals surface area (Å²) >= 11 is 0. The van der Waals surface area contributed by atoms with E-state index < -0.39 is 0 Å². The minimum Gasteiger partial charge on any atom is -0.0842 e. The molecule has 0 unspecified atom stereocenters. The van der Waals surface area contributed by atoms with Crippen molar-refractivity contribution in [1.82, 2.24) is 0 Å². The third kappa shape index (κ3) is 1.95. The Labute approximate surface area is 70.0 Å². The molecule has 0 bridgehead atoms. The van der Waals surface area contributed by atoms with Crippen molar-refractivity contribution < 1.29 is 0 Å². The van der Waals surface area contributed by atoms with Gasteiger partial charge in [0.25, 0.3) is 0 Å². The predicted molar refractivity (Wildman–Crippen MR) is 50.6 cm³/mol. The zero-order chi connectivity index (χ0) is 8.27. The maximum atomic E-state index is 2.28. The van der Waals surface area contributed by atoms with Gasteiger partial charge in [0.1, 0.15) is 0 Å². The molecule has 0 heterocycles. The molecule has 0 spiro atoms. The lowest BCUT2D eigenvalue weighted by atomic mass is 9.87. The van der Waals surface area contributed by atoms with Gasteiger partial charge in [0, 0.05) is 0 Å². The van der Waals surface area contributed by atoms with Gasteiger partial charge in [-0.25, -0.2) is 0 Å². The molecule has 0 amide bonds. The summed E-state index contributed by atoms with van der Waals surface area (Å²) < 4.78 is 0. The molecule has 0 heteroatoms. The van der Waals surface area contributed by atoms with Crippen LogP contribution >= 0.6 is 0 Å². The average Bonchev–Trinajstić information content (AvgIpc) is 2.04. The molecule has 0 aromatic rings. The lowest BCUT2D eigenvalue weighted by molar-refractivity contribution is 0.672. The van der Waals surface area contributed by atoms with Gasteiger partial charge in [-0.3, -0.25) is 0 Å². The fraction of sp³-hybridized carbons (Fsp3) is 0.636. The van der Waals surface area contributed by atoms with Crippen LogP contribution in [0.15, 0.2) is 22.8 Å². The van der Waals surface area contributed by atoms with Crippen LogP contribution < -0.4 is 0 Å². The molecule has 0 radical (unpaired) electrons. The van der Waals surface area contributed by atoms with Gasteiger partial charge in [0.2, 0.25) is 0 Å². The van der Waals surface area contributed by atoms with Crippen molar-refractivity contribution in [3.63, 3.8) is 0 Å². The summed E-state index contributed by atoms with van der Waals surface area (Å²) in [5.74, 6) is 0. The van der Waals surface area contributed by atoms with Gasteiger partial charge in [0.15, 0.2) is 0 Å². The van der Waals surface area contributed by atoms with E-state index in [0.29, 0.717) is 0 Å². The summed E-state index contributed by atoms with van der Waals surface area (Å²) in [6.07, 6.45) is 7.66. The third-order valence-electron chi connectivity index (χ3n) is 2.46. The molecule has 0 saturated heterocycles. The van der Waals surface area contributed by atoms with Gasteiger partial charge < -0.3 is 0 Å². The molecule has 0 N–H and O–H groups in total. The molecule has 1 fully saturated rings. The van der Waals surface area contributed by atoms with Crippen LogP contribution in [0.5, 0.6) is 0 Å². The van der Waals surface area contributed by atoms with E-state index in [1.807, 2.05) is 0 Å². The lowest BCUT2D eigenvalue weighted by Gasteiger charge is -2.19. The van der Waals surface area contributed by atoms with Crippen LogP contribution in [0.2, 0.25) is 0 Å². The van der Waals surface area contributed by atoms with Crippen molar-refractivity contribution in [2.45, 2.75) is 46.5 Å². The van der Waals surface area contributed by atoms with Crippen LogP contribution in [-0.4, -0.2) is 0 Å². The summed E-state index contributed by atoms with van der Waals surface area (Å²) in [5.41, 5.74) is 4.73. The highest BCUT2D eigenvalue weighted by molar-refractivity contribution is 5.35. The maximum absolute atomic E-state index is 2.28. The molecule has 1 aliphatic rings. The summed E-state index contributed by atoms with van der Waals surface area (Å²) in [4.78, 5) is 0. The quantitative estimate of drug-likeness (QED) is 0.492. The second-order valence-corrected chi connectivity index (χ2v) is 3.50. The monoisotopic (exact) mass is 150 g/mol. The van der Waals surface area contributed by atoms with E-state index in [1.54, 1.807) is 11.1 Å². The van der Waals surface area contributed by atoms with E-state index in [2.05, 4.69) is 26.8 Å². The van der Waals surface area contributed by atoms with E-state index in [4.69, 9.17) is 0 Å². The second-order valence-electron chi connectivity index (χ2n) is 3.50. The van der Waals surface area contributed by atoms with Crippen LogP contribution in [-0.2, 0) is 0 Å². The number of hydrogen-bond donors (Lipinski definition) is 0. The lowest BCUT2D eigenvalue weighted by Crippen LogP contribution is -1.99. The third-order valence-corrected chi connectivity index (χ3v) is 2.46. The Bertz CT molecular complexity index is 190. The summed E-state index contributed by atoms with van der Waals surface area (Å²) in [6.45, 7) is 6.61. The van der Waals surface area contributed by atoms with Gasteiger partial charge in [-0.05, 0) is 57.6 Å². The number of allylic oxidation sites excluding steroid dienone is 4. The zero-order valence-electron chi connectivity index (χ0n) is 7.91. The summed E-state index contributed by atoms with van der Waals surface area (Å²) in [6, 6.07) is 0. The van der Waals surface area contributed by atoms with Crippen molar-refractivity contribution >= 4 is 0 Å². The van der Waals surface area contributed by atoms with Gasteiger partial charge in [0.05, 0.1) is 0 Å². The first-order valence-corrected chi connectivity index (χ1v) is 4.57. The Kier molecular flexibility index (Phi) is 2.92. The molecule has 1 rings (SSSR count). The Morgan fingerprint density at radius 3 is 2.27 bits per heavy atom. The molecular formula is C11H18. The van der Waals surface area contributed by atoms with Gasteiger partial charge in [-0.15, -0.1) is 0 Å².